The van der Waals surface area contributed by atoms with E-state index in [1.54, 1.807) is 24.4 Å². The number of benzene rings is 1. The van der Waals surface area contributed by atoms with Crippen molar-refractivity contribution in [1.82, 2.24) is 9.78 Å². The van der Waals surface area contributed by atoms with Crippen molar-refractivity contribution in [1.29, 1.82) is 0 Å². The van der Waals surface area contributed by atoms with Gasteiger partial charge in [0, 0.05) is 17.7 Å². The van der Waals surface area contributed by atoms with E-state index in [0.29, 0.717) is 17.1 Å². The molecular weight excluding hydrogens is 260 g/mol. The maximum atomic E-state index is 10.8. The maximum Gasteiger partial charge on any atom is 0.271 e. The zero-order chi connectivity index (χ0) is 14.1. The van der Waals surface area contributed by atoms with Crippen LogP contribution in [0, 0.1) is 10.1 Å². The molecule has 2 heterocycles. The Morgan fingerprint density at radius 3 is 2.90 bits per heavy atom. The lowest BCUT2D eigenvalue weighted by atomic mass is 10.2. The second kappa shape index (κ2) is 4.54. The van der Waals surface area contributed by atoms with Gasteiger partial charge in [-0.05, 0) is 12.1 Å². The first-order valence-electron chi connectivity index (χ1n) is 5.77. The molecule has 0 radical (unpaired) electrons. The lowest BCUT2D eigenvalue weighted by Crippen LogP contribution is -1.96. The monoisotopic (exact) mass is 270 g/mol. The zero-order valence-corrected chi connectivity index (χ0v) is 10.3. The SMILES string of the molecule is Nc1cn(-c2cccc([N+](=O)[O-])c2)nc1-c1ccoc1. The zero-order valence-electron chi connectivity index (χ0n) is 10.3. The quantitative estimate of drug-likeness (QED) is 0.582. The molecule has 0 saturated carbocycles. The number of nitrogen functional groups attached to an aromatic ring is 1. The molecule has 20 heavy (non-hydrogen) atoms. The highest BCUT2D eigenvalue weighted by Crippen LogP contribution is 2.26. The average molecular weight is 270 g/mol. The van der Waals surface area contributed by atoms with Crippen molar-refractivity contribution in [2.24, 2.45) is 0 Å². The van der Waals surface area contributed by atoms with Crippen LogP contribution in [0.25, 0.3) is 16.9 Å². The fourth-order valence-corrected chi connectivity index (χ4v) is 1.89. The molecule has 0 aliphatic carbocycles. The molecule has 7 nitrogen and oxygen atoms in total. The Morgan fingerprint density at radius 1 is 1.35 bits per heavy atom. The highest BCUT2D eigenvalue weighted by Gasteiger charge is 2.12. The molecule has 0 bridgehead atoms. The molecule has 0 atom stereocenters. The van der Waals surface area contributed by atoms with E-state index in [1.165, 1.54) is 29.3 Å². The summed E-state index contributed by atoms with van der Waals surface area (Å²) in [5.41, 5.74) is 8.28. The topological polar surface area (TPSA) is 100 Å². The summed E-state index contributed by atoms with van der Waals surface area (Å²) in [6.45, 7) is 0. The summed E-state index contributed by atoms with van der Waals surface area (Å²) in [6.07, 6.45) is 4.68. The number of anilines is 1. The third-order valence-electron chi connectivity index (χ3n) is 2.84. The van der Waals surface area contributed by atoms with Crippen molar-refractivity contribution >= 4 is 11.4 Å². The minimum absolute atomic E-state index is 0.00133. The maximum absolute atomic E-state index is 10.8. The van der Waals surface area contributed by atoms with E-state index in [-0.39, 0.29) is 5.69 Å². The Kier molecular flexibility index (Phi) is 2.72. The Balaban J connectivity index is 2.05. The molecular formula is C13H10N4O3. The summed E-state index contributed by atoms with van der Waals surface area (Å²) in [7, 11) is 0. The van der Waals surface area contributed by atoms with Crippen LogP contribution in [0.1, 0.15) is 0 Å². The van der Waals surface area contributed by atoms with Crippen molar-refractivity contribution in [3.05, 3.63) is 59.2 Å². The fraction of sp³-hybridized carbons (Fsp3) is 0. The fourth-order valence-electron chi connectivity index (χ4n) is 1.89. The summed E-state index contributed by atoms with van der Waals surface area (Å²) in [5.74, 6) is 0. The molecule has 100 valence electrons. The van der Waals surface area contributed by atoms with Gasteiger partial charge in [0.25, 0.3) is 5.69 Å². The van der Waals surface area contributed by atoms with Crippen LogP contribution in [0.2, 0.25) is 0 Å². The van der Waals surface area contributed by atoms with E-state index in [9.17, 15) is 10.1 Å². The third-order valence-corrected chi connectivity index (χ3v) is 2.84. The molecule has 1 aromatic carbocycles. The summed E-state index contributed by atoms with van der Waals surface area (Å²) >= 11 is 0. The number of nitrogens with two attached hydrogens (primary N) is 1. The summed E-state index contributed by atoms with van der Waals surface area (Å²) in [4.78, 5) is 10.3. The van der Waals surface area contributed by atoms with Gasteiger partial charge in [-0.1, -0.05) is 6.07 Å². The molecule has 7 heteroatoms. The van der Waals surface area contributed by atoms with Crippen molar-refractivity contribution in [2.75, 3.05) is 5.73 Å². The van der Waals surface area contributed by atoms with Crippen LogP contribution in [0.15, 0.2) is 53.5 Å². The second-order valence-corrected chi connectivity index (χ2v) is 4.17. The largest absolute Gasteiger partial charge is 0.472 e. The Labute approximate surface area is 113 Å². The minimum Gasteiger partial charge on any atom is -0.472 e. The lowest BCUT2D eigenvalue weighted by Gasteiger charge is -2.00. The van der Waals surface area contributed by atoms with Gasteiger partial charge in [-0.15, -0.1) is 0 Å². The first kappa shape index (κ1) is 12.0. The number of non-ortho nitro benzene ring substituents is 1. The minimum atomic E-state index is -0.451. The van der Waals surface area contributed by atoms with E-state index in [4.69, 9.17) is 10.2 Å². The summed E-state index contributed by atoms with van der Waals surface area (Å²) < 4.78 is 6.50. The molecule has 2 N–H and O–H groups in total. The summed E-state index contributed by atoms with van der Waals surface area (Å²) in [6, 6.07) is 7.93. The molecule has 0 fully saturated rings. The van der Waals surface area contributed by atoms with E-state index in [2.05, 4.69) is 5.10 Å². The number of furan rings is 1. The van der Waals surface area contributed by atoms with Crippen LogP contribution >= 0.6 is 0 Å². The molecule has 0 unspecified atom stereocenters. The number of nitrogens with zero attached hydrogens (tertiary/aromatic N) is 3. The normalized spacial score (nSPS) is 10.6. The van der Waals surface area contributed by atoms with Crippen molar-refractivity contribution < 1.29 is 9.34 Å². The molecule has 0 amide bonds. The number of aromatic nitrogens is 2. The molecule has 0 aliphatic rings. The summed E-state index contributed by atoms with van der Waals surface area (Å²) in [5, 5.41) is 15.1. The van der Waals surface area contributed by atoms with E-state index in [0.717, 1.165) is 5.56 Å². The highest BCUT2D eigenvalue weighted by molar-refractivity contribution is 5.71. The van der Waals surface area contributed by atoms with Crippen molar-refractivity contribution in [3.8, 4) is 16.9 Å². The lowest BCUT2D eigenvalue weighted by molar-refractivity contribution is -0.384. The number of nitro benzene ring substituents is 1. The number of nitro groups is 1. The third kappa shape index (κ3) is 2.01. The number of rotatable bonds is 3. The van der Waals surface area contributed by atoms with Gasteiger partial charge in [0.15, 0.2) is 0 Å². The molecule has 3 rings (SSSR count). The van der Waals surface area contributed by atoms with Gasteiger partial charge in [0.2, 0.25) is 0 Å². The van der Waals surface area contributed by atoms with Crippen LogP contribution < -0.4 is 5.73 Å². The first-order valence-corrected chi connectivity index (χ1v) is 5.77. The smallest absolute Gasteiger partial charge is 0.271 e. The predicted molar refractivity (Wildman–Crippen MR) is 72.3 cm³/mol. The van der Waals surface area contributed by atoms with Crippen LogP contribution in [0.4, 0.5) is 11.4 Å². The second-order valence-electron chi connectivity index (χ2n) is 4.17. The molecule has 3 aromatic rings. The van der Waals surface area contributed by atoms with Crippen molar-refractivity contribution in [2.45, 2.75) is 0 Å². The van der Waals surface area contributed by atoms with E-state index in [1.807, 2.05) is 0 Å². The Morgan fingerprint density at radius 2 is 2.20 bits per heavy atom. The van der Waals surface area contributed by atoms with E-state index < -0.39 is 4.92 Å². The van der Waals surface area contributed by atoms with Gasteiger partial charge in [0.05, 0.1) is 35.0 Å². The van der Waals surface area contributed by atoms with Crippen LogP contribution in [-0.4, -0.2) is 14.7 Å². The molecule has 0 aliphatic heterocycles. The van der Waals surface area contributed by atoms with Gasteiger partial charge in [-0.25, -0.2) is 4.68 Å². The van der Waals surface area contributed by atoms with E-state index >= 15 is 0 Å². The number of hydrogen-bond donors (Lipinski definition) is 1. The van der Waals surface area contributed by atoms with Gasteiger partial charge in [-0.3, -0.25) is 10.1 Å². The van der Waals surface area contributed by atoms with Gasteiger partial charge in [0.1, 0.15) is 5.69 Å². The van der Waals surface area contributed by atoms with Gasteiger partial charge >= 0.3 is 0 Å². The van der Waals surface area contributed by atoms with Crippen molar-refractivity contribution in [3.63, 3.8) is 0 Å². The first-order chi connectivity index (χ1) is 9.65. The molecule has 0 saturated heterocycles. The standard InChI is InChI=1S/C13H10N4O3/c14-12-7-16(15-13(12)9-4-5-20-8-9)10-2-1-3-11(6-10)17(18)19/h1-8H,14H2. The molecule has 2 aromatic heterocycles. The molecule has 0 spiro atoms. The van der Waals surface area contributed by atoms with Crippen LogP contribution in [-0.2, 0) is 0 Å². The van der Waals surface area contributed by atoms with Crippen LogP contribution in [0.5, 0.6) is 0 Å². The highest BCUT2D eigenvalue weighted by atomic mass is 16.6. The number of hydrogen-bond acceptors (Lipinski definition) is 5. The van der Waals surface area contributed by atoms with Gasteiger partial charge < -0.3 is 10.2 Å². The predicted octanol–water partition coefficient (Wildman–Crippen LogP) is 2.62. The van der Waals surface area contributed by atoms with Gasteiger partial charge in [-0.2, -0.15) is 5.10 Å². The van der Waals surface area contributed by atoms with Crippen LogP contribution in [0.3, 0.4) is 0 Å². The Hall–Kier alpha value is -3.09. The Bertz CT molecular complexity index is 762. The average Bonchev–Trinajstić information content (AvgIpc) is 3.07.